The zero-order chi connectivity index (χ0) is 35.6. The van der Waals surface area contributed by atoms with Crippen molar-refractivity contribution in [3.8, 4) is 33.5 Å². The summed E-state index contributed by atoms with van der Waals surface area (Å²) in [7, 11) is -4.54. The fourth-order valence-electron chi connectivity index (χ4n) is 6.21. The third kappa shape index (κ3) is 8.13. The molecule has 0 bridgehead atoms. The molecule has 4 aromatic heterocycles. The van der Waals surface area contributed by atoms with Crippen LogP contribution in [-0.2, 0) is 27.2 Å². The number of hydrogen-bond donors (Lipinski definition) is 3. The van der Waals surface area contributed by atoms with Crippen LogP contribution in [-0.4, -0.2) is 51.6 Å². The molecule has 1 aromatic carbocycles. The lowest BCUT2D eigenvalue weighted by Crippen LogP contribution is -2.27. The Balaban J connectivity index is 1.38. The van der Waals surface area contributed by atoms with Crippen LogP contribution in [0.5, 0.6) is 0 Å². The van der Waals surface area contributed by atoms with E-state index in [2.05, 4.69) is 20.3 Å². The number of nitrogen functional groups attached to an aromatic ring is 1. The van der Waals surface area contributed by atoms with Crippen LogP contribution >= 0.6 is 0 Å². The number of amides is 1. The Morgan fingerprint density at radius 1 is 0.940 bits per heavy atom. The van der Waals surface area contributed by atoms with E-state index in [1.54, 1.807) is 24.7 Å². The molecule has 1 aliphatic heterocycles. The fourth-order valence-corrected chi connectivity index (χ4v) is 6.83. The van der Waals surface area contributed by atoms with Gasteiger partial charge in [-0.1, -0.05) is 29.8 Å². The zero-order valence-electron chi connectivity index (χ0n) is 28.0. The van der Waals surface area contributed by atoms with Crippen molar-refractivity contribution in [1.29, 1.82) is 0 Å². The van der Waals surface area contributed by atoms with Crippen molar-refractivity contribution < 1.29 is 22.5 Å². The molecule has 0 radical (unpaired) electrons. The zero-order valence-corrected chi connectivity index (χ0v) is 28.8. The van der Waals surface area contributed by atoms with Crippen LogP contribution in [0.15, 0.2) is 78.1 Å². The van der Waals surface area contributed by atoms with Gasteiger partial charge in [0.2, 0.25) is 5.43 Å². The van der Waals surface area contributed by atoms with Gasteiger partial charge >= 0.3 is 0 Å². The van der Waals surface area contributed by atoms with Crippen LogP contribution in [0, 0.1) is 26.7 Å². The first-order valence-electron chi connectivity index (χ1n) is 16.2. The van der Waals surface area contributed by atoms with Gasteiger partial charge in [-0.05, 0) is 80.5 Å². The molecule has 0 saturated carbocycles. The first kappa shape index (κ1) is 34.6. The maximum absolute atomic E-state index is 13.8. The van der Waals surface area contributed by atoms with Gasteiger partial charge in [0.15, 0.2) is 0 Å². The molecule has 0 unspecified atom stereocenters. The summed E-state index contributed by atoms with van der Waals surface area (Å²) in [6.07, 6.45) is 8.01. The number of pyridine rings is 4. The van der Waals surface area contributed by atoms with Gasteiger partial charge < -0.3 is 20.4 Å². The van der Waals surface area contributed by atoms with Crippen molar-refractivity contribution in [2.24, 2.45) is 5.92 Å². The maximum atomic E-state index is 13.8. The molecule has 1 saturated heterocycles. The van der Waals surface area contributed by atoms with Crippen LogP contribution in [0.4, 0.5) is 11.5 Å². The van der Waals surface area contributed by atoms with Gasteiger partial charge in [0.25, 0.3) is 16.0 Å². The molecule has 1 amide bonds. The van der Waals surface area contributed by atoms with Crippen LogP contribution in [0.2, 0.25) is 0 Å². The van der Waals surface area contributed by atoms with E-state index in [1.807, 2.05) is 61.7 Å². The van der Waals surface area contributed by atoms with E-state index in [1.165, 1.54) is 12.3 Å². The van der Waals surface area contributed by atoms with E-state index >= 15 is 0 Å². The third-order valence-electron chi connectivity index (χ3n) is 8.65. The molecule has 0 aliphatic carbocycles. The first-order valence-corrected chi connectivity index (χ1v) is 17.8. The van der Waals surface area contributed by atoms with Crippen molar-refractivity contribution in [3.05, 3.63) is 112 Å². The molecule has 1 aliphatic rings. The smallest absolute Gasteiger partial charge is 0.269 e. The number of carbonyl (C=O) groups is 1. The fraction of sp³-hybridized carbons (Fsp3) is 0.270. The standard InChI is InChI=1S/C37H38N6O6S/c1-22-4-6-26(7-5-22)32-19-43(18-25-8-10-49-11-9-25)20-33(35(32)44)37(45)42-30-14-29(21-50(46,47)48)34(39-17-30)31-15-28(16-40-36(31)38)27-12-23(2)41-24(3)13-27/h4-7,12-17,19-20,25H,8-11,18,21H2,1-3H3,(H2,38,40)(H,42,45)(H,46,47,48). The highest BCUT2D eigenvalue weighted by Crippen LogP contribution is 2.33. The predicted molar refractivity (Wildman–Crippen MR) is 192 cm³/mol. The minimum Gasteiger partial charge on any atom is -0.383 e. The van der Waals surface area contributed by atoms with E-state index in [9.17, 15) is 22.6 Å². The second-order valence-electron chi connectivity index (χ2n) is 12.7. The Morgan fingerprint density at radius 3 is 2.32 bits per heavy atom. The number of rotatable bonds is 9. The van der Waals surface area contributed by atoms with Gasteiger partial charge in [0, 0.05) is 66.4 Å². The molecular weight excluding hydrogens is 657 g/mol. The molecule has 12 nitrogen and oxygen atoms in total. The molecule has 4 N–H and O–H groups in total. The Labute approximate surface area is 290 Å². The number of nitrogens with one attached hydrogen (secondary N) is 1. The molecule has 258 valence electrons. The van der Waals surface area contributed by atoms with Crippen LogP contribution in [0.1, 0.15) is 45.7 Å². The van der Waals surface area contributed by atoms with Crippen LogP contribution in [0.25, 0.3) is 33.5 Å². The minimum atomic E-state index is -4.54. The Bertz CT molecular complexity index is 2230. The normalized spacial score (nSPS) is 13.7. The molecule has 0 spiro atoms. The summed E-state index contributed by atoms with van der Waals surface area (Å²) < 4.78 is 41.6. The van der Waals surface area contributed by atoms with Crippen molar-refractivity contribution in [1.82, 2.24) is 19.5 Å². The van der Waals surface area contributed by atoms with Crippen molar-refractivity contribution in [2.45, 2.75) is 45.9 Å². The van der Waals surface area contributed by atoms with Gasteiger partial charge in [0.1, 0.15) is 17.1 Å². The number of carbonyl (C=O) groups excluding carboxylic acids is 1. The molecule has 6 rings (SSSR count). The first-order chi connectivity index (χ1) is 23.8. The number of anilines is 2. The minimum absolute atomic E-state index is 0.0726. The highest BCUT2D eigenvalue weighted by molar-refractivity contribution is 7.85. The van der Waals surface area contributed by atoms with Crippen molar-refractivity contribution in [3.63, 3.8) is 0 Å². The molecular formula is C37H38N6O6S. The largest absolute Gasteiger partial charge is 0.383 e. The Hall–Kier alpha value is -5.24. The van der Waals surface area contributed by atoms with E-state index in [0.717, 1.165) is 35.4 Å². The summed E-state index contributed by atoms with van der Waals surface area (Å²) in [6.45, 7) is 7.63. The van der Waals surface area contributed by atoms with Gasteiger partial charge in [-0.15, -0.1) is 0 Å². The van der Waals surface area contributed by atoms with Gasteiger partial charge in [-0.25, -0.2) is 4.98 Å². The molecule has 13 heteroatoms. The number of ether oxygens (including phenoxy) is 1. The van der Waals surface area contributed by atoms with Crippen LogP contribution in [0.3, 0.4) is 0 Å². The monoisotopic (exact) mass is 694 g/mol. The van der Waals surface area contributed by atoms with Gasteiger partial charge in [-0.2, -0.15) is 8.42 Å². The lowest BCUT2D eigenvalue weighted by molar-refractivity contribution is 0.0612. The second kappa shape index (κ2) is 14.3. The number of aromatic nitrogens is 4. The molecule has 5 aromatic rings. The van der Waals surface area contributed by atoms with E-state index in [0.29, 0.717) is 47.9 Å². The third-order valence-corrected chi connectivity index (χ3v) is 9.32. The Kier molecular flexibility index (Phi) is 9.91. The summed E-state index contributed by atoms with van der Waals surface area (Å²) in [4.78, 5) is 40.8. The van der Waals surface area contributed by atoms with E-state index < -0.39 is 27.2 Å². The summed E-state index contributed by atoms with van der Waals surface area (Å²) >= 11 is 0. The lowest BCUT2D eigenvalue weighted by Gasteiger charge is -2.23. The number of nitrogens with zero attached hydrogens (tertiary/aromatic N) is 4. The van der Waals surface area contributed by atoms with Gasteiger partial charge in [-0.3, -0.25) is 24.1 Å². The lowest BCUT2D eigenvalue weighted by atomic mass is 9.99. The summed E-state index contributed by atoms with van der Waals surface area (Å²) in [6, 6.07) is 14.4. The van der Waals surface area contributed by atoms with Crippen LogP contribution < -0.4 is 16.5 Å². The number of benzene rings is 1. The van der Waals surface area contributed by atoms with Crippen molar-refractivity contribution >= 4 is 27.5 Å². The average molecular weight is 695 g/mol. The SMILES string of the molecule is Cc1ccc(-c2cn(CC3CCOCC3)cc(C(=O)Nc3cnc(-c4cc(-c5cc(C)nc(C)c5)cnc4N)c(CS(=O)(=O)O)c3)c2=O)cc1. The topological polar surface area (TPSA) is 179 Å². The number of hydrogen-bond acceptors (Lipinski definition) is 9. The summed E-state index contributed by atoms with van der Waals surface area (Å²) in [5.74, 6) is -1.09. The van der Waals surface area contributed by atoms with Gasteiger partial charge in [0.05, 0.1) is 17.6 Å². The highest BCUT2D eigenvalue weighted by Gasteiger charge is 2.22. The number of nitrogens with two attached hydrogens (primary N) is 1. The molecule has 1 fully saturated rings. The maximum Gasteiger partial charge on any atom is 0.269 e. The summed E-state index contributed by atoms with van der Waals surface area (Å²) in [5.41, 5.74) is 11.7. The second-order valence-corrected chi connectivity index (χ2v) is 14.2. The highest BCUT2D eigenvalue weighted by atomic mass is 32.2. The number of aryl methyl sites for hydroxylation is 3. The summed E-state index contributed by atoms with van der Waals surface area (Å²) in [5, 5.41) is 2.72. The Morgan fingerprint density at radius 2 is 1.64 bits per heavy atom. The van der Waals surface area contributed by atoms with E-state index in [4.69, 9.17) is 10.5 Å². The average Bonchev–Trinajstić information content (AvgIpc) is 3.06. The molecule has 50 heavy (non-hydrogen) atoms. The van der Waals surface area contributed by atoms with E-state index in [-0.39, 0.29) is 28.3 Å². The quantitative estimate of drug-likeness (QED) is 0.164. The van der Waals surface area contributed by atoms with Crippen molar-refractivity contribution in [2.75, 3.05) is 24.3 Å². The molecule has 5 heterocycles. The molecule has 0 atom stereocenters. The predicted octanol–water partition coefficient (Wildman–Crippen LogP) is 5.61.